The molecule has 0 unspecified atom stereocenters. The van der Waals surface area contributed by atoms with Crippen LogP contribution in [0.15, 0.2) is 12.3 Å². The van der Waals surface area contributed by atoms with E-state index >= 15 is 0 Å². The minimum atomic E-state index is -0.318. The molecule has 2 amide bonds. The summed E-state index contributed by atoms with van der Waals surface area (Å²) in [5.74, 6) is 0.843. The topological polar surface area (TPSA) is 83.0 Å². The first-order valence-corrected chi connectivity index (χ1v) is 11.0. The molecule has 0 spiro atoms. The van der Waals surface area contributed by atoms with Gasteiger partial charge in [0.15, 0.2) is 0 Å². The van der Waals surface area contributed by atoms with Gasteiger partial charge in [0.25, 0.3) is 5.91 Å². The summed E-state index contributed by atoms with van der Waals surface area (Å²) >= 11 is 1.50. The molecule has 154 valence electrons. The first kappa shape index (κ1) is 20.9. The fourth-order valence-corrected chi connectivity index (χ4v) is 4.91. The molecule has 0 bridgehead atoms. The minimum absolute atomic E-state index is 0.0421. The van der Waals surface area contributed by atoms with Crippen LogP contribution in [-0.2, 0) is 4.79 Å². The molecule has 1 N–H and O–H groups in total. The van der Waals surface area contributed by atoms with Gasteiger partial charge in [-0.05, 0) is 38.5 Å². The van der Waals surface area contributed by atoms with Crippen molar-refractivity contribution in [2.45, 2.75) is 32.2 Å². The Hall–Kier alpha value is -1.80. The molecule has 0 aromatic carbocycles. The third-order valence-corrected chi connectivity index (χ3v) is 6.61. The van der Waals surface area contributed by atoms with Crippen molar-refractivity contribution < 1.29 is 19.4 Å². The quantitative estimate of drug-likeness (QED) is 0.798. The van der Waals surface area contributed by atoms with Gasteiger partial charge in [0.05, 0.1) is 37.3 Å². The number of fused-ring (bicyclic) bond motifs is 1. The summed E-state index contributed by atoms with van der Waals surface area (Å²) in [5.41, 5.74) is 0.922. The third kappa shape index (κ3) is 3.85. The van der Waals surface area contributed by atoms with Gasteiger partial charge >= 0.3 is 0 Å². The molecule has 2 aliphatic heterocycles. The van der Waals surface area contributed by atoms with Gasteiger partial charge in [-0.1, -0.05) is 0 Å². The molecule has 3 heterocycles. The van der Waals surface area contributed by atoms with Crippen LogP contribution < -0.4 is 4.74 Å². The standard InChI is InChI=1S/C20H29N3O4S/c1-14-9-15(16(27-2)10-21-14)19(26)22-8-6-20(13-24)5-4-7-23(17(20)11-22)18(25)12-28-3/h9-10,17,24H,4-8,11-13H2,1-3H3/t17-,20-/m0/s1. The Labute approximate surface area is 170 Å². The summed E-state index contributed by atoms with van der Waals surface area (Å²) in [5, 5.41) is 10.2. The summed E-state index contributed by atoms with van der Waals surface area (Å²) in [4.78, 5) is 33.8. The Balaban J connectivity index is 1.87. The van der Waals surface area contributed by atoms with Crippen molar-refractivity contribution in [2.24, 2.45) is 5.41 Å². The number of aliphatic hydroxyl groups is 1. The fourth-order valence-electron chi connectivity index (χ4n) is 4.50. The maximum atomic E-state index is 13.2. The highest BCUT2D eigenvalue weighted by atomic mass is 32.2. The van der Waals surface area contributed by atoms with E-state index in [-0.39, 0.29) is 29.9 Å². The molecule has 2 fully saturated rings. The van der Waals surface area contributed by atoms with Crippen LogP contribution in [0.4, 0.5) is 0 Å². The summed E-state index contributed by atoms with van der Waals surface area (Å²) in [6.07, 6.45) is 5.95. The summed E-state index contributed by atoms with van der Waals surface area (Å²) < 4.78 is 5.33. The monoisotopic (exact) mass is 407 g/mol. The highest BCUT2D eigenvalue weighted by Gasteiger charge is 2.49. The van der Waals surface area contributed by atoms with Crippen molar-refractivity contribution >= 4 is 23.6 Å². The molecule has 2 saturated heterocycles. The lowest BCUT2D eigenvalue weighted by Crippen LogP contribution is -2.64. The van der Waals surface area contributed by atoms with Crippen molar-refractivity contribution in [3.8, 4) is 5.75 Å². The summed E-state index contributed by atoms with van der Waals surface area (Å²) in [7, 11) is 1.53. The van der Waals surface area contributed by atoms with Crippen molar-refractivity contribution in [1.82, 2.24) is 14.8 Å². The van der Waals surface area contributed by atoms with Gasteiger partial charge in [-0.15, -0.1) is 0 Å². The van der Waals surface area contributed by atoms with E-state index in [2.05, 4.69) is 4.98 Å². The number of aliphatic hydroxyl groups excluding tert-OH is 1. The number of amides is 2. The first-order valence-electron chi connectivity index (χ1n) is 9.65. The highest BCUT2D eigenvalue weighted by molar-refractivity contribution is 7.99. The van der Waals surface area contributed by atoms with E-state index in [4.69, 9.17) is 4.74 Å². The van der Waals surface area contributed by atoms with E-state index in [1.54, 1.807) is 17.2 Å². The maximum absolute atomic E-state index is 13.2. The zero-order chi connectivity index (χ0) is 20.3. The number of likely N-dealkylation sites (tertiary alicyclic amines) is 2. The van der Waals surface area contributed by atoms with Gasteiger partial charge in [-0.25, -0.2) is 0 Å². The second kappa shape index (κ2) is 8.69. The average molecular weight is 408 g/mol. The number of pyridine rings is 1. The second-order valence-electron chi connectivity index (χ2n) is 7.69. The number of nitrogens with zero attached hydrogens (tertiary/aromatic N) is 3. The molecule has 28 heavy (non-hydrogen) atoms. The Kier molecular flexibility index (Phi) is 6.50. The number of aromatic nitrogens is 1. The van der Waals surface area contributed by atoms with Gasteiger partial charge in [-0.2, -0.15) is 11.8 Å². The lowest BCUT2D eigenvalue weighted by atomic mass is 9.69. The van der Waals surface area contributed by atoms with Crippen molar-refractivity contribution in [3.63, 3.8) is 0 Å². The summed E-state index contributed by atoms with van der Waals surface area (Å²) in [6, 6.07) is 1.59. The molecule has 1 aromatic rings. The molecule has 3 rings (SSSR count). The van der Waals surface area contributed by atoms with E-state index in [0.717, 1.165) is 18.5 Å². The van der Waals surface area contributed by atoms with E-state index in [1.165, 1.54) is 18.9 Å². The Morgan fingerprint density at radius 3 is 2.86 bits per heavy atom. The molecule has 7 nitrogen and oxygen atoms in total. The van der Waals surface area contributed by atoms with Gasteiger partial charge in [0, 0.05) is 30.7 Å². The van der Waals surface area contributed by atoms with Crippen LogP contribution >= 0.6 is 11.8 Å². The lowest BCUT2D eigenvalue weighted by Gasteiger charge is -2.54. The van der Waals surface area contributed by atoms with Crippen LogP contribution in [-0.4, -0.2) is 83.1 Å². The number of carbonyl (C=O) groups is 2. The average Bonchev–Trinajstić information content (AvgIpc) is 2.72. The molecular formula is C20H29N3O4S. The number of hydrogen-bond donors (Lipinski definition) is 1. The SMILES string of the molecule is COc1cnc(C)cc1C(=O)N1CC[C@]2(CO)CCCN(C(=O)CSC)[C@H]2C1. The van der Waals surface area contributed by atoms with Crippen LogP contribution in [0.2, 0.25) is 0 Å². The summed E-state index contributed by atoms with van der Waals surface area (Å²) in [6.45, 7) is 3.56. The normalized spacial score (nSPS) is 24.6. The molecule has 1 aromatic heterocycles. The van der Waals surface area contributed by atoms with Gasteiger partial charge in [0.2, 0.25) is 5.91 Å². The lowest BCUT2D eigenvalue weighted by molar-refractivity contribution is -0.143. The maximum Gasteiger partial charge on any atom is 0.257 e. The minimum Gasteiger partial charge on any atom is -0.494 e. The predicted octanol–water partition coefficient (Wildman–Crippen LogP) is 1.58. The molecule has 2 aliphatic rings. The van der Waals surface area contributed by atoms with Crippen LogP contribution in [0.1, 0.15) is 35.3 Å². The van der Waals surface area contributed by atoms with Crippen LogP contribution in [0.3, 0.4) is 0 Å². The number of piperidine rings is 2. The Bertz CT molecular complexity index is 744. The van der Waals surface area contributed by atoms with Crippen molar-refractivity contribution in [2.75, 3.05) is 45.4 Å². The molecule has 2 atom stereocenters. The molecule has 0 radical (unpaired) electrons. The molecule has 0 saturated carbocycles. The van der Waals surface area contributed by atoms with E-state index in [1.807, 2.05) is 18.1 Å². The van der Waals surface area contributed by atoms with Crippen molar-refractivity contribution in [3.05, 3.63) is 23.5 Å². The number of aryl methyl sites for hydroxylation is 1. The van der Waals surface area contributed by atoms with E-state index < -0.39 is 0 Å². The largest absolute Gasteiger partial charge is 0.494 e. The zero-order valence-electron chi connectivity index (χ0n) is 16.8. The van der Waals surface area contributed by atoms with Gasteiger partial charge in [-0.3, -0.25) is 14.6 Å². The number of carbonyl (C=O) groups excluding carboxylic acids is 2. The van der Waals surface area contributed by atoms with E-state index in [9.17, 15) is 14.7 Å². The fraction of sp³-hybridized carbons (Fsp3) is 0.650. The smallest absolute Gasteiger partial charge is 0.257 e. The molecular weight excluding hydrogens is 378 g/mol. The number of thioether (sulfide) groups is 1. The molecule has 0 aliphatic carbocycles. The second-order valence-corrected chi connectivity index (χ2v) is 8.55. The number of hydrogen-bond acceptors (Lipinski definition) is 6. The van der Waals surface area contributed by atoms with Crippen LogP contribution in [0.25, 0.3) is 0 Å². The number of rotatable bonds is 5. The van der Waals surface area contributed by atoms with E-state index in [0.29, 0.717) is 43.1 Å². The first-order chi connectivity index (χ1) is 13.5. The van der Waals surface area contributed by atoms with Crippen molar-refractivity contribution in [1.29, 1.82) is 0 Å². The van der Waals surface area contributed by atoms with Gasteiger partial charge < -0.3 is 19.6 Å². The molecule has 8 heteroatoms. The number of ether oxygens (including phenoxy) is 1. The van der Waals surface area contributed by atoms with Crippen LogP contribution in [0.5, 0.6) is 5.75 Å². The Morgan fingerprint density at radius 1 is 1.39 bits per heavy atom. The van der Waals surface area contributed by atoms with Gasteiger partial charge in [0.1, 0.15) is 5.75 Å². The predicted molar refractivity (Wildman–Crippen MR) is 109 cm³/mol. The number of methoxy groups -OCH3 is 1. The third-order valence-electron chi connectivity index (χ3n) is 6.07. The highest BCUT2D eigenvalue weighted by Crippen LogP contribution is 2.42. The Morgan fingerprint density at radius 2 is 2.18 bits per heavy atom. The zero-order valence-corrected chi connectivity index (χ0v) is 17.6. The van der Waals surface area contributed by atoms with Crippen LogP contribution in [0, 0.1) is 12.3 Å².